The molecule has 0 atom stereocenters. The molecule has 0 bridgehead atoms. The molecule has 0 aliphatic heterocycles. The third-order valence-electron chi connectivity index (χ3n) is 3.26. The third-order valence-corrected chi connectivity index (χ3v) is 3.67. The molecule has 0 aromatic heterocycles. The van der Waals surface area contributed by atoms with Gasteiger partial charge in [0.1, 0.15) is 0 Å². The third kappa shape index (κ3) is 4.23. The predicted octanol–water partition coefficient (Wildman–Crippen LogP) is 3.59. The second-order valence-electron chi connectivity index (χ2n) is 4.89. The number of carbonyl (C=O) groups is 2. The summed E-state index contributed by atoms with van der Waals surface area (Å²) in [4.78, 5) is 23.7. The lowest BCUT2D eigenvalue weighted by Crippen LogP contribution is -2.21. The number of rotatable bonds is 5. The van der Waals surface area contributed by atoms with E-state index in [2.05, 4.69) is 5.32 Å². The van der Waals surface area contributed by atoms with Crippen LogP contribution in [0.4, 0.5) is 10.1 Å². The number of amides is 1. The summed E-state index contributed by atoms with van der Waals surface area (Å²) in [5.74, 6) is -2.01. The minimum atomic E-state index is -0.811. The molecule has 24 heavy (non-hydrogen) atoms. The van der Waals surface area contributed by atoms with Crippen LogP contribution in [0.1, 0.15) is 15.9 Å². The Hall–Kier alpha value is -2.60. The molecule has 0 heterocycles. The van der Waals surface area contributed by atoms with E-state index in [0.717, 1.165) is 6.07 Å². The smallest absolute Gasteiger partial charge is 0.338 e. The molecule has 0 aliphatic carbocycles. The molecule has 1 N–H and O–H groups in total. The van der Waals surface area contributed by atoms with Crippen molar-refractivity contribution in [2.75, 3.05) is 19.0 Å². The fourth-order valence-electron chi connectivity index (χ4n) is 1.94. The van der Waals surface area contributed by atoms with Gasteiger partial charge in [-0.3, -0.25) is 4.79 Å². The standard InChI is InChI=1S/C17H15ClFNO4/c1-10-12(18)4-3-5-14(10)20-16(21)9-24-17(22)11-6-7-15(23-2)13(19)8-11/h3-8H,9H2,1-2H3,(H,20,21). The SMILES string of the molecule is COc1ccc(C(=O)OCC(=O)Nc2cccc(Cl)c2C)cc1F. The van der Waals surface area contributed by atoms with Crippen LogP contribution in [0.2, 0.25) is 5.02 Å². The molecule has 0 aliphatic rings. The maximum absolute atomic E-state index is 13.6. The van der Waals surface area contributed by atoms with E-state index in [1.165, 1.54) is 19.2 Å². The number of methoxy groups -OCH3 is 1. The van der Waals surface area contributed by atoms with Crippen LogP contribution in [0.5, 0.6) is 5.75 Å². The molecule has 0 fully saturated rings. The first kappa shape index (κ1) is 17.7. The molecule has 0 unspecified atom stereocenters. The monoisotopic (exact) mass is 351 g/mol. The first-order valence-electron chi connectivity index (χ1n) is 6.98. The van der Waals surface area contributed by atoms with Crippen molar-refractivity contribution in [1.29, 1.82) is 0 Å². The maximum atomic E-state index is 13.6. The summed E-state index contributed by atoms with van der Waals surface area (Å²) in [6.07, 6.45) is 0. The van der Waals surface area contributed by atoms with Crippen molar-refractivity contribution in [2.24, 2.45) is 0 Å². The van der Waals surface area contributed by atoms with E-state index in [1.807, 2.05) is 0 Å². The Bertz CT molecular complexity index is 779. The van der Waals surface area contributed by atoms with Crippen LogP contribution in [0.15, 0.2) is 36.4 Å². The number of ether oxygens (including phenoxy) is 2. The van der Waals surface area contributed by atoms with Crippen LogP contribution in [0.3, 0.4) is 0 Å². The van der Waals surface area contributed by atoms with E-state index in [-0.39, 0.29) is 11.3 Å². The number of halogens is 2. The van der Waals surface area contributed by atoms with E-state index in [1.54, 1.807) is 25.1 Å². The number of carbonyl (C=O) groups excluding carboxylic acids is 2. The quantitative estimate of drug-likeness (QED) is 0.836. The summed E-state index contributed by atoms with van der Waals surface area (Å²) in [5, 5.41) is 3.11. The van der Waals surface area contributed by atoms with Gasteiger partial charge in [0.2, 0.25) is 0 Å². The fourth-order valence-corrected chi connectivity index (χ4v) is 2.11. The molecule has 0 radical (unpaired) electrons. The first-order valence-corrected chi connectivity index (χ1v) is 7.35. The molecule has 2 rings (SSSR count). The van der Waals surface area contributed by atoms with Gasteiger partial charge in [-0.15, -0.1) is 0 Å². The summed E-state index contributed by atoms with van der Waals surface area (Å²) in [5.41, 5.74) is 1.22. The van der Waals surface area contributed by atoms with Gasteiger partial charge in [0.05, 0.1) is 12.7 Å². The molecule has 7 heteroatoms. The van der Waals surface area contributed by atoms with Crippen LogP contribution in [-0.2, 0) is 9.53 Å². The topological polar surface area (TPSA) is 64.6 Å². The van der Waals surface area contributed by atoms with Gasteiger partial charge < -0.3 is 14.8 Å². The largest absolute Gasteiger partial charge is 0.494 e. The maximum Gasteiger partial charge on any atom is 0.338 e. The zero-order valence-corrected chi connectivity index (χ0v) is 13.8. The van der Waals surface area contributed by atoms with E-state index < -0.39 is 24.3 Å². The zero-order valence-electron chi connectivity index (χ0n) is 13.1. The Balaban J connectivity index is 1.95. The second-order valence-corrected chi connectivity index (χ2v) is 5.29. The minimum Gasteiger partial charge on any atom is -0.494 e. The van der Waals surface area contributed by atoms with Crippen molar-refractivity contribution in [1.82, 2.24) is 0 Å². The van der Waals surface area contributed by atoms with Crippen molar-refractivity contribution < 1.29 is 23.5 Å². The molecule has 0 saturated heterocycles. The van der Waals surface area contributed by atoms with Crippen molar-refractivity contribution in [3.05, 3.63) is 58.4 Å². The van der Waals surface area contributed by atoms with Crippen LogP contribution >= 0.6 is 11.6 Å². The zero-order chi connectivity index (χ0) is 17.7. The highest BCUT2D eigenvalue weighted by Crippen LogP contribution is 2.23. The lowest BCUT2D eigenvalue weighted by Gasteiger charge is -2.10. The van der Waals surface area contributed by atoms with Crippen molar-refractivity contribution >= 4 is 29.2 Å². The highest BCUT2D eigenvalue weighted by molar-refractivity contribution is 6.31. The summed E-state index contributed by atoms with van der Waals surface area (Å²) in [6, 6.07) is 8.71. The van der Waals surface area contributed by atoms with Gasteiger partial charge in [0, 0.05) is 10.7 Å². The number of benzene rings is 2. The Morgan fingerprint density at radius 3 is 2.67 bits per heavy atom. The number of nitrogens with one attached hydrogen (secondary N) is 1. The number of hydrogen-bond donors (Lipinski definition) is 1. The molecule has 5 nitrogen and oxygen atoms in total. The Kier molecular flexibility index (Phi) is 5.76. The highest BCUT2D eigenvalue weighted by Gasteiger charge is 2.14. The molecule has 2 aromatic carbocycles. The molecule has 0 saturated carbocycles. The van der Waals surface area contributed by atoms with Gasteiger partial charge in [-0.25, -0.2) is 9.18 Å². The van der Waals surface area contributed by atoms with Crippen LogP contribution in [0, 0.1) is 12.7 Å². The summed E-state index contributed by atoms with van der Waals surface area (Å²) < 4.78 is 23.2. The summed E-state index contributed by atoms with van der Waals surface area (Å²) in [7, 11) is 1.32. The van der Waals surface area contributed by atoms with E-state index >= 15 is 0 Å². The predicted molar refractivity (Wildman–Crippen MR) is 88.1 cm³/mol. The lowest BCUT2D eigenvalue weighted by molar-refractivity contribution is -0.119. The summed E-state index contributed by atoms with van der Waals surface area (Å²) >= 11 is 5.96. The lowest BCUT2D eigenvalue weighted by atomic mass is 10.2. The molecule has 1 amide bonds. The molecule has 126 valence electrons. The van der Waals surface area contributed by atoms with E-state index in [9.17, 15) is 14.0 Å². The normalized spacial score (nSPS) is 10.2. The number of esters is 1. The summed E-state index contributed by atoms with van der Waals surface area (Å²) in [6.45, 7) is 1.25. The van der Waals surface area contributed by atoms with Crippen LogP contribution < -0.4 is 10.1 Å². The number of hydrogen-bond acceptors (Lipinski definition) is 4. The van der Waals surface area contributed by atoms with Gasteiger partial charge in [0.25, 0.3) is 5.91 Å². The van der Waals surface area contributed by atoms with Crippen LogP contribution in [-0.4, -0.2) is 25.6 Å². The average molecular weight is 352 g/mol. The van der Waals surface area contributed by atoms with Gasteiger partial charge >= 0.3 is 5.97 Å². The van der Waals surface area contributed by atoms with Crippen molar-refractivity contribution in [2.45, 2.75) is 6.92 Å². The van der Waals surface area contributed by atoms with Crippen molar-refractivity contribution in [3.8, 4) is 5.75 Å². The fraction of sp³-hybridized carbons (Fsp3) is 0.176. The van der Waals surface area contributed by atoms with Crippen molar-refractivity contribution in [3.63, 3.8) is 0 Å². The number of anilines is 1. The molecule has 0 spiro atoms. The highest BCUT2D eigenvalue weighted by atomic mass is 35.5. The van der Waals surface area contributed by atoms with E-state index in [4.69, 9.17) is 21.1 Å². The average Bonchev–Trinajstić information content (AvgIpc) is 2.56. The Labute approximate surface area is 143 Å². The van der Waals surface area contributed by atoms with Crippen LogP contribution in [0.25, 0.3) is 0 Å². The van der Waals surface area contributed by atoms with Gasteiger partial charge in [-0.1, -0.05) is 17.7 Å². The molecule has 2 aromatic rings. The Morgan fingerprint density at radius 1 is 1.25 bits per heavy atom. The second kappa shape index (κ2) is 7.79. The first-order chi connectivity index (χ1) is 11.4. The minimum absolute atomic E-state index is 0.0139. The molecular weight excluding hydrogens is 337 g/mol. The molecular formula is C17H15ClFNO4. The van der Waals surface area contributed by atoms with E-state index in [0.29, 0.717) is 16.3 Å². The van der Waals surface area contributed by atoms with Gasteiger partial charge in [-0.2, -0.15) is 0 Å². The van der Waals surface area contributed by atoms with Gasteiger partial charge in [0.15, 0.2) is 18.2 Å². The Morgan fingerprint density at radius 2 is 2.00 bits per heavy atom. The van der Waals surface area contributed by atoms with Gasteiger partial charge in [-0.05, 0) is 42.8 Å².